The van der Waals surface area contributed by atoms with Crippen LogP contribution < -0.4 is 14.8 Å². The van der Waals surface area contributed by atoms with Crippen LogP contribution in [0.25, 0.3) is 0 Å². The Morgan fingerprint density at radius 1 is 1.17 bits per heavy atom. The third-order valence-corrected chi connectivity index (χ3v) is 2.79. The number of hydrogen-bond acceptors (Lipinski definition) is 4. The van der Waals surface area contributed by atoms with Gasteiger partial charge in [-0.05, 0) is 31.2 Å². The molecule has 1 unspecified atom stereocenters. The Bertz CT molecular complexity index is 355. The van der Waals surface area contributed by atoms with Crippen molar-refractivity contribution in [2.45, 2.75) is 19.4 Å². The molecule has 1 atom stereocenters. The molecule has 4 nitrogen and oxygen atoms in total. The second-order valence-corrected chi connectivity index (χ2v) is 4.07. The van der Waals surface area contributed by atoms with Gasteiger partial charge in [0.15, 0.2) is 0 Å². The number of nitrogens with one attached hydrogen (secondary N) is 1. The SMILES string of the molecule is CCCNC(COC)c1cc(OC)ccc1OC. The van der Waals surface area contributed by atoms with Crippen molar-refractivity contribution in [3.05, 3.63) is 23.8 Å². The fourth-order valence-electron chi connectivity index (χ4n) is 1.86. The molecule has 0 bridgehead atoms. The van der Waals surface area contributed by atoms with E-state index in [4.69, 9.17) is 14.2 Å². The van der Waals surface area contributed by atoms with Crippen LogP contribution in [0.2, 0.25) is 0 Å². The van der Waals surface area contributed by atoms with E-state index in [-0.39, 0.29) is 6.04 Å². The summed E-state index contributed by atoms with van der Waals surface area (Å²) in [6, 6.07) is 5.92. The van der Waals surface area contributed by atoms with Gasteiger partial charge in [-0.1, -0.05) is 6.92 Å². The Kier molecular flexibility index (Phi) is 6.54. The van der Waals surface area contributed by atoms with Crippen LogP contribution in [0.3, 0.4) is 0 Å². The minimum absolute atomic E-state index is 0.111. The lowest BCUT2D eigenvalue weighted by molar-refractivity contribution is 0.165. The molecule has 1 aromatic carbocycles. The number of rotatable bonds is 8. The fourth-order valence-corrected chi connectivity index (χ4v) is 1.86. The smallest absolute Gasteiger partial charge is 0.123 e. The molecule has 18 heavy (non-hydrogen) atoms. The number of benzene rings is 1. The first-order valence-corrected chi connectivity index (χ1v) is 6.21. The van der Waals surface area contributed by atoms with Gasteiger partial charge in [0.1, 0.15) is 11.5 Å². The second kappa shape index (κ2) is 7.95. The summed E-state index contributed by atoms with van der Waals surface area (Å²) in [6.45, 7) is 3.68. The molecule has 0 aliphatic heterocycles. The molecule has 0 aliphatic rings. The number of ether oxygens (including phenoxy) is 3. The molecule has 0 fully saturated rings. The predicted molar refractivity (Wildman–Crippen MR) is 72.5 cm³/mol. The Balaban J connectivity index is 2.98. The Morgan fingerprint density at radius 2 is 1.94 bits per heavy atom. The summed E-state index contributed by atoms with van der Waals surface area (Å²) in [5, 5.41) is 3.45. The van der Waals surface area contributed by atoms with Crippen molar-refractivity contribution < 1.29 is 14.2 Å². The highest BCUT2D eigenvalue weighted by Crippen LogP contribution is 2.29. The molecule has 0 aliphatic carbocycles. The summed E-state index contributed by atoms with van der Waals surface area (Å²) in [5.41, 5.74) is 1.06. The average Bonchev–Trinajstić information content (AvgIpc) is 2.42. The summed E-state index contributed by atoms with van der Waals surface area (Å²) in [4.78, 5) is 0. The van der Waals surface area contributed by atoms with Crippen LogP contribution in [0.4, 0.5) is 0 Å². The molecule has 0 saturated carbocycles. The second-order valence-electron chi connectivity index (χ2n) is 4.07. The third kappa shape index (κ3) is 3.89. The van der Waals surface area contributed by atoms with Crippen molar-refractivity contribution in [2.24, 2.45) is 0 Å². The molecule has 0 heterocycles. The lowest BCUT2D eigenvalue weighted by Crippen LogP contribution is -2.26. The first kappa shape index (κ1) is 14.8. The molecule has 0 spiro atoms. The molecule has 4 heteroatoms. The summed E-state index contributed by atoms with van der Waals surface area (Å²) in [6.07, 6.45) is 1.08. The lowest BCUT2D eigenvalue weighted by Gasteiger charge is -2.21. The highest BCUT2D eigenvalue weighted by atomic mass is 16.5. The van der Waals surface area contributed by atoms with E-state index in [1.807, 2.05) is 18.2 Å². The third-order valence-electron chi connectivity index (χ3n) is 2.79. The summed E-state index contributed by atoms with van der Waals surface area (Å²) < 4.78 is 15.9. The van der Waals surface area contributed by atoms with E-state index < -0.39 is 0 Å². The maximum atomic E-state index is 5.40. The molecule has 0 radical (unpaired) electrons. The van der Waals surface area contributed by atoms with Crippen LogP contribution in [0.5, 0.6) is 11.5 Å². The van der Waals surface area contributed by atoms with Gasteiger partial charge in [-0.15, -0.1) is 0 Å². The first-order valence-electron chi connectivity index (χ1n) is 6.21. The number of hydrogen-bond donors (Lipinski definition) is 1. The molecule has 0 amide bonds. The van der Waals surface area contributed by atoms with E-state index in [2.05, 4.69) is 12.2 Å². The molecule has 1 aromatic rings. The van der Waals surface area contributed by atoms with E-state index in [9.17, 15) is 0 Å². The highest BCUT2D eigenvalue weighted by Gasteiger charge is 2.16. The van der Waals surface area contributed by atoms with E-state index in [1.54, 1.807) is 21.3 Å². The molecule has 102 valence electrons. The van der Waals surface area contributed by atoms with Crippen molar-refractivity contribution in [3.8, 4) is 11.5 Å². The molecular weight excluding hydrogens is 230 g/mol. The van der Waals surface area contributed by atoms with Crippen LogP contribution in [0, 0.1) is 0 Å². The van der Waals surface area contributed by atoms with Crippen LogP contribution in [0.1, 0.15) is 24.9 Å². The zero-order valence-electron chi connectivity index (χ0n) is 11.7. The van der Waals surface area contributed by atoms with Crippen LogP contribution >= 0.6 is 0 Å². The van der Waals surface area contributed by atoms with Crippen molar-refractivity contribution >= 4 is 0 Å². The van der Waals surface area contributed by atoms with Crippen molar-refractivity contribution in [3.63, 3.8) is 0 Å². The molecule has 1 rings (SSSR count). The normalized spacial score (nSPS) is 12.2. The van der Waals surface area contributed by atoms with Crippen LogP contribution in [-0.2, 0) is 4.74 Å². The van der Waals surface area contributed by atoms with Gasteiger partial charge in [-0.3, -0.25) is 0 Å². The van der Waals surface area contributed by atoms with Gasteiger partial charge in [-0.25, -0.2) is 0 Å². The predicted octanol–water partition coefficient (Wildman–Crippen LogP) is 2.39. The van der Waals surface area contributed by atoms with Crippen LogP contribution in [0.15, 0.2) is 18.2 Å². The first-order chi connectivity index (χ1) is 8.76. The van der Waals surface area contributed by atoms with Gasteiger partial charge in [0, 0.05) is 12.7 Å². The Labute approximate surface area is 109 Å². The zero-order valence-corrected chi connectivity index (χ0v) is 11.7. The highest BCUT2D eigenvalue weighted by molar-refractivity contribution is 5.42. The van der Waals surface area contributed by atoms with Crippen LogP contribution in [-0.4, -0.2) is 34.5 Å². The average molecular weight is 253 g/mol. The van der Waals surface area contributed by atoms with Gasteiger partial charge >= 0.3 is 0 Å². The van der Waals surface area contributed by atoms with E-state index in [0.717, 1.165) is 30.0 Å². The standard InChI is InChI=1S/C14H23NO3/c1-5-8-15-13(10-16-2)12-9-11(17-3)6-7-14(12)18-4/h6-7,9,13,15H,5,8,10H2,1-4H3. The molecule has 0 saturated heterocycles. The van der Waals surface area contributed by atoms with E-state index in [1.165, 1.54) is 0 Å². The quantitative estimate of drug-likeness (QED) is 0.772. The van der Waals surface area contributed by atoms with Gasteiger partial charge in [-0.2, -0.15) is 0 Å². The fraction of sp³-hybridized carbons (Fsp3) is 0.571. The largest absolute Gasteiger partial charge is 0.497 e. The molecule has 1 N–H and O–H groups in total. The topological polar surface area (TPSA) is 39.7 Å². The zero-order chi connectivity index (χ0) is 13.4. The maximum absolute atomic E-state index is 5.40. The van der Waals surface area contributed by atoms with Crippen molar-refractivity contribution in [1.29, 1.82) is 0 Å². The Hall–Kier alpha value is -1.26. The monoisotopic (exact) mass is 253 g/mol. The minimum Gasteiger partial charge on any atom is -0.497 e. The molecular formula is C14H23NO3. The van der Waals surface area contributed by atoms with E-state index in [0.29, 0.717) is 6.61 Å². The van der Waals surface area contributed by atoms with Crippen molar-refractivity contribution in [1.82, 2.24) is 5.32 Å². The Morgan fingerprint density at radius 3 is 2.50 bits per heavy atom. The summed E-state index contributed by atoms with van der Waals surface area (Å²) in [7, 11) is 5.04. The number of methoxy groups -OCH3 is 3. The van der Waals surface area contributed by atoms with E-state index >= 15 is 0 Å². The maximum Gasteiger partial charge on any atom is 0.123 e. The van der Waals surface area contributed by atoms with Crippen molar-refractivity contribution in [2.75, 3.05) is 34.5 Å². The molecule has 0 aromatic heterocycles. The summed E-state index contributed by atoms with van der Waals surface area (Å²) in [5.74, 6) is 1.67. The van der Waals surface area contributed by atoms with Gasteiger partial charge in [0.05, 0.1) is 26.9 Å². The van der Waals surface area contributed by atoms with Gasteiger partial charge in [0.25, 0.3) is 0 Å². The minimum atomic E-state index is 0.111. The lowest BCUT2D eigenvalue weighted by atomic mass is 10.1. The van der Waals surface area contributed by atoms with Gasteiger partial charge < -0.3 is 19.5 Å². The van der Waals surface area contributed by atoms with Gasteiger partial charge in [0.2, 0.25) is 0 Å². The summed E-state index contributed by atoms with van der Waals surface area (Å²) >= 11 is 0.